The van der Waals surface area contributed by atoms with Crippen LogP contribution in [0.1, 0.15) is 31.6 Å². The van der Waals surface area contributed by atoms with Crippen LogP contribution in [0.2, 0.25) is 0 Å². The average molecular weight is 344 g/mol. The zero-order valence-electron chi connectivity index (χ0n) is 11.8. The van der Waals surface area contributed by atoms with Crippen LogP contribution in [0, 0.1) is 0 Å². The predicted molar refractivity (Wildman–Crippen MR) is 76.8 cm³/mol. The average Bonchev–Trinajstić information content (AvgIpc) is 2.75. The van der Waals surface area contributed by atoms with E-state index in [-0.39, 0.29) is 4.21 Å². The van der Waals surface area contributed by atoms with E-state index in [1.807, 2.05) is 6.92 Å². The Hall–Kier alpha value is -0.640. The highest BCUT2D eigenvalue weighted by atomic mass is 32.2. The minimum atomic E-state index is -4.40. The van der Waals surface area contributed by atoms with E-state index >= 15 is 0 Å². The summed E-state index contributed by atoms with van der Waals surface area (Å²) in [5.74, 6) is 0. The van der Waals surface area contributed by atoms with Crippen molar-refractivity contribution in [2.45, 2.75) is 49.7 Å². The van der Waals surface area contributed by atoms with Gasteiger partial charge in [0.2, 0.25) is 10.0 Å². The molecule has 0 aliphatic rings. The smallest absolute Gasteiger partial charge is 0.312 e. The summed E-state index contributed by atoms with van der Waals surface area (Å²) in [4.78, 5) is 0.826. The van der Waals surface area contributed by atoms with Gasteiger partial charge in [0, 0.05) is 17.5 Å². The normalized spacial score (nSPS) is 14.3. The Labute approximate surface area is 126 Å². The standard InChI is InChI=1S/C12H19F3N2O2S2/c1-3-6-16-8-10-4-5-11(20-10)21(18,19)17-9(2)7-12(13,14)15/h4-5,9,16-17H,3,6-8H2,1-2H3. The Morgan fingerprint density at radius 1 is 1.33 bits per heavy atom. The number of rotatable bonds is 8. The summed E-state index contributed by atoms with van der Waals surface area (Å²) in [5, 5.41) is 3.13. The maximum Gasteiger partial charge on any atom is 0.390 e. The molecule has 1 heterocycles. The van der Waals surface area contributed by atoms with Crippen LogP contribution in [0.15, 0.2) is 16.3 Å². The van der Waals surface area contributed by atoms with Gasteiger partial charge in [-0.25, -0.2) is 13.1 Å². The fraction of sp³-hybridized carbons (Fsp3) is 0.667. The van der Waals surface area contributed by atoms with Gasteiger partial charge in [0.1, 0.15) is 4.21 Å². The van der Waals surface area contributed by atoms with Crippen LogP contribution >= 0.6 is 11.3 Å². The molecule has 0 aromatic carbocycles. The summed E-state index contributed by atoms with van der Waals surface area (Å²) in [6.45, 7) is 4.58. The third-order valence-electron chi connectivity index (χ3n) is 2.52. The van der Waals surface area contributed by atoms with Gasteiger partial charge in [-0.2, -0.15) is 13.2 Å². The molecule has 122 valence electrons. The Morgan fingerprint density at radius 2 is 2.00 bits per heavy atom. The highest BCUT2D eigenvalue weighted by molar-refractivity contribution is 7.91. The lowest BCUT2D eigenvalue weighted by Gasteiger charge is -2.15. The molecule has 0 bridgehead atoms. The van der Waals surface area contributed by atoms with Crippen molar-refractivity contribution in [2.75, 3.05) is 6.54 Å². The van der Waals surface area contributed by atoms with Crippen molar-refractivity contribution >= 4 is 21.4 Å². The van der Waals surface area contributed by atoms with Crippen molar-refractivity contribution in [3.8, 4) is 0 Å². The molecule has 9 heteroatoms. The van der Waals surface area contributed by atoms with E-state index < -0.39 is 28.7 Å². The molecule has 1 rings (SSSR count). The minimum Gasteiger partial charge on any atom is -0.312 e. The number of alkyl halides is 3. The van der Waals surface area contributed by atoms with E-state index in [0.717, 1.165) is 29.2 Å². The SMILES string of the molecule is CCCNCc1ccc(S(=O)(=O)NC(C)CC(F)(F)F)s1. The van der Waals surface area contributed by atoms with E-state index in [2.05, 4.69) is 10.0 Å². The van der Waals surface area contributed by atoms with Gasteiger partial charge < -0.3 is 5.32 Å². The summed E-state index contributed by atoms with van der Waals surface area (Å²) in [6, 6.07) is 1.88. The topological polar surface area (TPSA) is 58.2 Å². The molecule has 0 aliphatic carbocycles. The molecule has 0 fully saturated rings. The largest absolute Gasteiger partial charge is 0.390 e. The van der Waals surface area contributed by atoms with E-state index in [0.29, 0.717) is 6.54 Å². The summed E-state index contributed by atoms with van der Waals surface area (Å²) in [6.07, 6.45) is -4.62. The van der Waals surface area contributed by atoms with Gasteiger partial charge in [0.25, 0.3) is 0 Å². The molecule has 0 aliphatic heterocycles. The lowest BCUT2D eigenvalue weighted by molar-refractivity contribution is -0.137. The van der Waals surface area contributed by atoms with Crippen molar-refractivity contribution in [3.63, 3.8) is 0 Å². The fourth-order valence-corrected chi connectivity index (χ4v) is 4.28. The summed E-state index contributed by atoms with van der Waals surface area (Å²) in [7, 11) is -3.90. The number of hydrogen-bond donors (Lipinski definition) is 2. The van der Waals surface area contributed by atoms with Crippen LogP contribution in [-0.2, 0) is 16.6 Å². The molecule has 1 unspecified atom stereocenters. The van der Waals surface area contributed by atoms with E-state index in [1.165, 1.54) is 13.0 Å². The van der Waals surface area contributed by atoms with Crippen LogP contribution in [0.5, 0.6) is 0 Å². The molecule has 21 heavy (non-hydrogen) atoms. The van der Waals surface area contributed by atoms with Gasteiger partial charge >= 0.3 is 6.18 Å². The zero-order valence-corrected chi connectivity index (χ0v) is 13.5. The van der Waals surface area contributed by atoms with Gasteiger partial charge in [-0.1, -0.05) is 6.92 Å². The maximum atomic E-state index is 12.2. The number of sulfonamides is 1. The lowest BCUT2D eigenvalue weighted by Crippen LogP contribution is -2.35. The van der Waals surface area contributed by atoms with Crippen molar-refractivity contribution in [2.24, 2.45) is 0 Å². The molecular formula is C12H19F3N2O2S2. The third-order valence-corrected chi connectivity index (χ3v) is 5.69. The summed E-state index contributed by atoms with van der Waals surface area (Å²) >= 11 is 1.06. The van der Waals surface area contributed by atoms with Crippen LogP contribution in [0.25, 0.3) is 0 Å². The molecule has 1 aromatic rings. The van der Waals surface area contributed by atoms with Crippen molar-refractivity contribution < 1.29 is 21.6 Å². The van der Waals surface area contributed by atoms with Gasteiger partial charge in [-0.05, 0) is 32.0 Å². The van der Waals surface area contributed by atoms with Gasteiger partial charge in [0.05, 0.1) is 6.42 Å². The molecule has 0 spiro atoms. The molecular weight excluding hydrogens is 325 g/mol. The molecule has 0 saturated carbocycles. The van der Waals surface area contributed by atoms with E-state index in [9.17, 15) is 21.6 Å². The first-order valence-corrected chi connectivity index (χ1v) is 8.82. The van der Waals surface area contributed by atoms with Crippen molar-refractivity contribution in [1.82, 2.24) is 10.0 Å². The second-order valence-electron chi connectivity index (χ2n) is 4.74. The first-order chi connectivity index (χ1) is 9.64. The minimum absolute atomic E-state index is 0.0322. The van der Waals surface area contributed by atoms with Crippen molar-refractivity contribution in [1.29, 1.82) is 0 Å². The summed E-state index contributed by atoms with van der Waals surface area (Å²) < 4.78 is 62.7. The Kier molecular flexibility index (Phi) is 6.64. The second kappa shape index (κ2) is 7.57. The van der Waals surface area contributed by atoms with Crippen LogP contribution in [-0.4, -0.2) is 27.2 Å². The van der Waals surface area contributed by atoms with Crippen molar-refractivity contribution in [3.05, 3.63) is 17.0 Å². The quantitative estimate of drug-likeness (QED) is 0.713. The first-order valence-electron chi connectivity index (χ1n) is 6.52. The monoisotopic (exact) mass is 344 g/mol. The van der Waals surface area contributed by atoms with E-state index in [4.69, 9.17) is 0 Å². The second-order valence-corrected chi connectivity index (χ2v) is 7.85. The zero-order chi connectivity index (χ0) is 16.1. The van der Waals surface area contributed by atoms with Crippen LogP contribution < -0.4 is 10.0 Å². The molecule has 2 N–H and O–H groups in total. The number of hydrogen-bond acceptors (Lipinski definition) is 4. The molecule has 1 atom stereocenters. The van der Waals surface area contributed by atoms with Crippen LogP contribution in [0.4, 0.5) is 13.2 Å². The lowest BCUT2D eigenvalue weighted by atomic mass is 10.2. The van der Waals surface area contributed by atoms with Gasteiger partial charge in [-0.15, -0.1) is 11.3 Å². The number of halogens is 3. The summed E-state index contributed by atoms with van der Waals surface area (Å²) in [5.41, 5.74) is 0. The molecule has 4 nitrogen and oxygen atoms in total. The highest BCUT2D eigenvalue weighted by Gasteiger charge is 2.32. The third kappa shape index (κ3) is 6.77. The Balaban J connectivity index is 2.66. The predicted octanol–water partition coefficient (Wildman–Crippen LogP) is 2.87. The Morgan fingerprint density at radius 3 is 2.57 bits per heavy atom. The molecule has 0 amide bonds. The Bertz CT molecular complexity index is 541. The van der Waals surface area contributed by atoms with Crippen LogP contribution in [0.3, 0.4) is 0 Å². The van der Waals surface area contributed by atoms with E-state index in [1.54, 1.807) is 6.07 Å². The molecule has 0 saturated heterocycles. The molecule has 0 radical (unpaired) electrons. The number of thiophene rings is 1. The maximum absolute atomic E-state index is 12.2. The highest BCUT2D eigenvalue weighted by Crippen LogP contribution is 2.24. The first kappa shape index (κ1) is 18.4. The fourth-order valence-electron chi connectivity index (χ4n) is 1.70. The van der Waals surface area contributed by atoms with Gasteiger partial charge in [-0.3, -0.25) is 0 Å². The molecule has 1 aromatic heterocycles. The number of nitrogens with one attached hydrogen (secondary N) is 2. The van der Waals surface area contributed by atoms with Gasteiger partial charge in [0.15, 0.2) is 0 Å².